The topological polar surface area (TPSA) is 105 Å². The molecular formula is C20H19NO7. The fourth-order valence-electron chi connectivity index (χ4n) is 2.74. The number of Topliss-reactive ketones (excluding diaryl/α,β-unsaturated/α-hetero) is 1. The van der Waals surface area contributed by atoms with Gasteiger partial charge in [0.15, 0.2) is 17.3 Å². The predicted molar refractivity (Wildman–Crippen MR) is 98.5 cm³/mol. The van der Waals surface area contributed by atoms with Crippen molar-refractivity contribution >= 4 is 17.4 Å². The molecule has 28 heavy (non-hydrogen) atoms. The summed E-state index contributed by atoms with van der Waals surface area (Å²) in [6, 6.07) is 11.0. The Morgan fingerprint density at radius 3 is 2.57 bits per heavy atom. The maximum atomic E-state index is 12.3. The first kappa shape index (κ1) is 19.3. The molecule has 0 spiro atoms. The van der Waals surface area contributed by atoms with Gasteiger partial charge in [-0.1, -0.05) is 12.1 Å². The van der Waals surface area contributed by atoms with Crippen LogP contribution in [-0.4, -0.2) is 29.9 Å². The van der Waals surface area contributed by atoms with E-state index >= 15 is 0 Å². The average molecular weight is 385 g/mol. The highest BCUT2D eigenvalue weighted by molar-refractivity contribution is 5.98. The SMILES string of the molecule is O=C(CCC(=O)c1ccc2c(c1)OCCCO2)OCc1ccccc1[N+](=O)[O-]. The zero-order chi connectivity index (χ0) is 19.9. The number of nitro benzene ring substituents is 1. The van der Waals surface area contributed by atoms with Crippen LogP contribution in [-0.2, 0) is 16.1 Å². The number of carbonyl (C=O) groups is 2. The maximum absolute atomic E-state index is 12.3. The summed E-state index contributed by atoms with van der Waals surface area (Å²) in [7, 11) is 0. The van der Waals surface area contributed by atoms with Crippen LogP contribution in [0.5, 0.6) is 11.5 Å². The smallest absolute Gasteiger partial charge is 0.306 e. The van der Waals surface area contributed by atoms with Gasteiger partial charge >= 0.3 is 5.97 Å². The molecule has 0 amide bonds. The van der Waals surface area contributed by atoms with Gasteiger partial charge < -0.3 is 14.2 Å². The lowest BCUT2D eigenvalue weighted by molar-refractivity contribution is -0.385. The van der Waals surface area contributed by atoms with Crippen LogP contribution < -0.4 is 9.47 Å². The van der Waals surface area contributed by atoms with Crippen molar-refractivity contribution in [2.75, 3.05) is 13.2 Å². The minimum absolute atomic E-state index is 0.0324. The van der Waals surface area contributed by atoms with E-state index < -0.39 is 10.9 Å². The van der Waals surface area contributed by atoms with E-state index in [0.717, 1.165) is 6.42 Å². The van der Waals surface area contributed by atoms with Crippen LogP contribution in [0.15, 0.2) is 42.5 Å². The Labute approximate surface area is 161 Å². The van der Waals surface area contributed by atoms with Gasteiger partial charge in [-0.3, -0.25) is 19.7 Å². The summed E-state index contributed by atoms with van der Waals surface area (Å²) in [5, 5.41) is 11.0. The lowest BCUT2D eigenvalue weighted by Crippen LogP contribution is -2.09. The van der Waals surface area contributed by atoms with E-state index in [0.29, 0.717) is 35.8 Å². The molecule has 0 saturated carbocycles. The number of nitrogens with zero attached hydrogens (tertiary/aromatic N) is 1. The molecule has 0 unspecified atom stereocenters. The van der Waals surface area contributed by atoms with E-state index in [1.807, 2.05) is 0 Å². The number of ether oxygens (including phenoxy) is 3. The van der Waals surface area contributed by atoms with Crippen LogP contribution in [0.25, 0.3) is 0 Å². The Kier molecular flexibility index (Phi) is 6.21. The van der Waals surface area contributed by atoms with Gasteiger partial charge in [-0.05, 0) is 24.3 Å². The molecule has 0 aliphatic carbocycles. The number of benzene rings is 2. The van der Waals surface area contributed by atoms with Crippen molar-refractivity contribution in [2.45, 2.75) is 25.9 Å². The van der Waals surface area contributed by atoms with Crippen molar-refractivity contribution in [3.63, 3.8) is 0 Å². The summed E-state index contributed by atoms with van der Waals surface area (Å²) in [6.07, 6.45) is 0.618. The molecule has 2 aromatic carbocycles. The summed E-state index contributed by atoms with van der Waals surface area (Å²) in [5.41, 5.74) is 0.615. The van der Waals surface area contributed by atoms with Crippen LogP contribution in [0.2, 0.25) is 0 Å². The first-order valence-electron chi connectivity index (χ1n) is 8.85. The van der Waals surface area contributed by atoms with Crippen LogP contribution >= 0.6 is 0 Å². The monoisotopic (exact) mass is 385 g/mol. The van der Waals surface area contributed by atoms with Gasteiger partial charge in [0.2, 0.25) is 0 Å². The summed E-state index contributed by atoms with van der Waals surface area (Å²) in [6.45, 7) is 0.864. The second-order valence-electron chi connectivity index (χ2n) is 6.18. The largest absolute Gasteiger partial charge is 0.490 e. The molecule has 8 nitrogen and oxygen atoms in total. The van der Waals surface area contributed by atoms with Crippen molar-refractivity contribution in [1.82, 2.24) is 0 Å². The van der Waals surface area contributed by atoms with E-state index in [1.165, 1.54) is 18.2 Å². The summed E-state index contributed by atoms with van der Waals surface area (Å²) in [5.74, 6) is 0.291. The first-order chi connectivity index (χ1) is 13.5. The lowest BCUT2D eigenvalue weighted by Gasteiger charge is -2.09. The van der Waals surface area contributed by atoms with Gasteiger partial charge in [-0.25, -0.2) is 0 Å². The molecule has 0 atom stereocenters. The highest BCUT2D eigenvalue weighted by Gasteiger charge is 2.17. The van der Waals surface area contributed by atoms with Crippen molar-refractivity contribution in [3.05, 3.63) is 63.7 Å². The van der Waals surface area contributed by atoms with Gasteiger partial charge in [0, 0.05) is 24.5 Å². The van der Waals surface area contributed by atoms with Gasteiger partial charge in [-0.2, -0.15) is 0 Å². The fourth-order valence-corrected chi connectivity index (χ4v) is 2.74. The summed E-state index contributed by atoms with van der Waals surface area (Å²) >= 11 is 0. The van der Waals surface area contributed by atoms with Crippen LogP contribution in [0.1, 0.15) is 35.2 Å². The molecule has 0 N–H and O–H groups in total. The lowest BCUT2D eigenvalue weighted by atomic mass is 10.1. The standard InChI is InChI=1S/C20H19NO7/c22-17(14-6-8-18-19(12-14)27-11-3-10-26-18)7-9-20(23)28-13-15-4-1-2-5-16(15)21(24)25/h1-2,4-6,8,12H,3,7,9-11,13H2. The molecule has 0 aromatic heterocycles. The second kappa shape index (κ2) is 8.98. The number of carbonyl (C=O) groups excluding carboxylic acids is 2. The van der Waals surface area contributed by atoms with Gasteiger partial charge in [0.05, 0.1) is 30.1 Å². The Bertz CT molecular complexity index is 894. The van der Waals surface area contributed by atoms with Crippen LogP contribution in [0, 0.1) is 10.1 Å². The molecule has 1 heterocycles. The zero-order valence-corrected chi connectivity index (χ0v) is 15.1. The molecule has 1 aliphatic heterocycles. The number of hydrogen-bond acceptors (Lipinski definition) is 7. The van der Waals surface area contributed by atoms with E-state index in [4.69, 9.17) is 14.2 Å². The molecule has 2 aromatic rings. The molecule has 146 valence electrons. The Balaban J connectivity index is 1.53. The highest BCUT2D eigenvalue weighted by atomic mass is 16.6. The fraction of sp³-hybridized carbons (Fsp3) is 0.300. The average Bonchev–Trinajstić information content (AvgIpc) is 2.95. The Hall–Kier alpha value is -3.42. The number of fused-ring (bicyclic) bond motifs is 1. The molecule has 0 bridgehead atoms. The van der Waals surface area contributed by atoms with Crippen molar-refractivity contribution in [1.29, 1.82) is 0 Å². The predicted octanol–water partition coefficient (Wildman–Crippen LogP) is 3.46. The number of para-hydroxylation sites is 1. The van der Waals surface area contributed by atoms with Crippen LogP contribution in [0.3, 0.4) is 0 Å². The first-order valence-corrected chi connectivity index (χ1v) is 8.85. The van der Waals surface area contributed by atoms with Gasteiger partial charge in [0.1, 0.15) is 6.61 Å². The maximum Gasteiger partial charge on any atom is 0.306 e. The van der Waals surface area contributed by atoms with Gasteiger partial charge in [0.25, 0.3) is 5.69 Å². The van der Waals surface area contributed by atoms with E-state index in [9.17, 15) is 19.7 Å². The summed E-state index contributed by atoms with van der Waals surface area (Å²) < 4.78 is 16.2. The number of esters is 1. The van der Waals surface area contributed by atoms with Crippen molar-refractivity contribution < 1.29 is 28.7 Å². The third-order valence-corrected chi connectivity index (χ3v) is 4.20. The molecule has 0 radical (unpaired) electrons. The molecular weight excluding hydrogens is 366 g/mol. The number of nitro groups is 1. The highest BCUT2D eigenvalue weighted by Crippen LogP contribution is 2.30. The summed E-state index contributed by atoms with van der Waals surface area (Å²) in [4.78, 5) is 34.7. The number of rotatable bonds is 7. The second-order valence-corrected chi connectivity index (χ2v) is 6.18. The Morgan fingerprint density at radius 2 is 1.79 bits per heavy atom. The molecule has 3 rings (SSSR count). The van der Waals surface area contributed by atoms with Crippen molar-refractivity contribution in [3.8, 4) is 11.5 Å². The van der Waals surface area contributed by atoms with E-state index in [-0.39, 0.29) is 30.9 Å². The minimum atomic E-state index is -0.596. The quantitative estimate of drug-likeness (QED) is 0.311. The third-order valence-electron chi connectivity index (χ3n) is 4.20. The normalized spacial score (nSPS) is 12.7. The molecule has 0 saturated heterocycles. The number of hydrogen-bond donors (Lipinski definition) is 0. The minimum Gasteiger partial charge on any atom is -0.490 e. The van der Waals surface area contributed by atoms with Gasteiger partial charge in [-0.15, -0.1) is 0 Å². The third kappa shape index (κ3) is 4.85. The Morgan fingerprint density at radius 1 is 1.04 bits per heavy atom. The molecule has 8 heteroatoms. The molecule has 1 aliphatic rings. The molecule has 0 fully saturated rings. The van der Waals surface area contributed by atoms with E-state index in [2.05, 4.69) is 0 Å². The van der Waals surface area contributed by atoms with Crippen molar-refractivity contribution in [2.24, 2.45) is 0 Å². The van der Waals surface area contributed by atoms with E-state index in [1.54, 1.807) is 24.3 Å². The number of ketones is 1. The van der Waals surface area contributed by atoms with Crippen LogP contribution in [0.4, 0.5) is 5.69 Å². The zero-order valence-electron chi connectivity index (χ0n) is 15.1.